The number of hydrogen-bond acceptors (Lipinski definition) is 4. The second-order valence-electron chi connectivity index (χ2n) is 4.25. The molecular formula is C14H11Cl2NO4. The molecule has 0 radical (unpaired) electrons. The molecule has 21 heavy (non-hydrogen) atoms. The highest BCUT2D eigenvalue weighted by molar-refractivity contribution is 6.39. The van der Waals surface area contributed by atoms with Crippen molar-refractivity contribution in [1.29, 1.82) is 0 Å². The Kier molecular flexibility index (Phi) is 4.55. The van der Waals surface area contributed by atoms with Gasteiger partial charge in [0.2, 0.25) is 0 Å². The lowest BCUT2D eigenvalue weighted by atomic mass is 10.0. The molecule has 0 heterocycles. The van der Waals surface area contributed by atoms with Gasteiger partial charge < -0.3 is 15.2 Å². The van der Waals surface area contributed by atoms with Crippen LogP contribution in [0.5, 0.6) is 0 Å². The van der Waals surface area contributed by atoms with Crippen LogP contribution in [0.15, 0.2) is 24.3 Å². The zero-order chi connectivity index (χ0) is 15.6. The molecule has 110 valence electrons. The van der Waals surface area contributed by atoms with Gasteiger partial charge in [0.15, 0.2) is 0 Å². The Labute approximate surface area is 130 Å². The average Bonchev–Trinajstić information content (AvgIpc) is 2.42. The van der Waals surface area contributed by atoms with Gasteiger partial charge in [0.25, 0.3) is 0 Å². The molecule has 0 amide bonds. The molecule has 0 spiro atoms. The Hall–Kier alpha value is -1.98. The third-order valence-electron chi connectivity index (χ3n) is 2.82. The summed E-state index contributed by atoms with van der Waals surface area (Å²) in [6.45, 7) is -0.307. The summed E-state index contributed by atoms with van der Waals surface area (Å²) >= 11 is 12.1. The van der Waals surface area contributed by atoms with Crippen molar-refractivity contribution < 1.29 is 19.4 Å². The lowest BCUT2D eigenvalue weighted by Crippen LogP contribution is -2.13. The first kappa shape index (κ1) is 15.4. The van der Waals surface area contributed by atoms with E-state index in [0.29, 0.717) is 26.5 Å². The SMILES string of the molecule is COC(=O)c1cc(NCC(=O)O)c2c(Cl)cc(Cl)cc2c1. The molecule has 5 nitrogen and oxygen atoms in total. The number of carboxylic acid groups (broad SMARTS) is 1. The zero-order valence-electron chi connectivity index (χ0n) is 10.9. The maximum absolute atomic E-state index is 11.7. The van der Waals surface area contributed by atoms with Crippen molar-refractivity contribution in [3.63, 3.8) is 0 Å². The number of carbonyl (C=O) groups excluding carboxylic acids is 1. The van der Waals surface area contributed by atoms with E-state index in [1.165, 1.54) is 13.2 Å². The van der Waals surface area contributed by atoms with E-state index >= 15 is 0 Å². The van der Waals surface area contributed by atoms with Gasteiger partial charge in [-0.3, -0.25) is 4.79 Å². The van der Waals surface area contributed by atoms with Crippen molar-refractivity contribution in [2.45, 2.75) is 0 Å². The number of halogens is 2. The fourth-order valence-corrected chi connectivity index (χ4v) is 2.59. The Bertz CT molecular complexity index is 730. The quantitative estimate of drug-likeness (QED) is 0.841. The third kappa shape index (κ3) is 3.37. The molecule has 2 rings (SSSR count). The van der Waals surface area contributed by atoms with Gasteiger partial charge in [-0.05, 0) is 29.7 Å². The molecule has 0 aliphatic carbocycles. The normalized spacial score (nSPS) is 10.4. The number of hydrogen-bond donors (Lipinski definition) is 2. The third-order valence-corrected chi connectivity index (χ3v) is 3.33. The minimum atomic E-state index is -1.03. The summed E-state index contributed by atoms with van der Waals surface area (Å²) in [6, 6.07) is 6.28. The summed E-state index contributed by atoms with van der Waals surface area (Å²) in [5.74, 6) is -1.57. The summed E-state index contributed by atoms with van der Waals surface area (Å²) in [4.78, 5) is 22.4. The van der Waals surface area contributed by atoms with E-state index in [0.717, 1.165) is 0 Å². The van der Waals surface area contributed by atoms with Gasteiger partial charge in [-0.15, -0.1) is 0 Å². The van der Waals surface area contributed by atoms with Crippen LogP contribution in [-0.4, -0.2) is 30.7 Å². The van der Waals surface area contributed by atoms with Crippen LogP contribution in [0, 0.1) is 0 Å². The highest BCUT2D eigenvalue weighted by Crippen LogP contribution is 2.34. The average molecular weight is 328 g/mol. The number of esters is 1. The van der Waals surface area contributed by atoms with Crippen molar-refractivity contribution in [1.82, 2.24) is 0 Å². The second kappa shape index (κ2) is 6.20. The molecule has 0 atom stereocenters. The number of rotatable bonds is 4. The predicted molar refractivity (Wildman–Crippen MR) is 81.4 cm³/mol. The topological polar surface area (TPSA) is 75.6 Å². The molecule has 0 saturated carbocycles. The predicted octanol–water partition coefficient (Wildman–Crippen LogP) is 3.43. The minimum absolute atomic E-state index is 0.274. The number of ether oxygens (including phenoxy) is 1. The molecule has 0 bridgehead atoms. The number of benzene rings is 2. The second-order valence-corrected chi connectivity index (χ2v) is 5.09. The van der Waals surface area contributed by atoms with Crippen LogP contribution in [0.4, 0.5) is 5.69 Å². The maximum atomic E-state index is 11.7. The number of methoxy groups -OCH3 is 1. The first-order chi connectivity index (χ1) is 9.92. The van der Waals surface area contributed by atoms with Gasteiger partial charge in [-0.1, -0.05) is 23.2 Å². The molecule has 7 heteroatoms. The number of fused-ring (bicyclic) bond motifs is 1. The number of aliphatic carboxylic acids is 1. The van der Waals surface area contributed by atoms with Gasteiger partial charge in [-0.2, -0.15) is 0 Å². The van der Waals surface area contributed by atoms with E-state index in [2.05, 4.69) is 10.1 Å². The molecule has 0 fully saturated rings. The number of carboxylic acids is 1. The molecule has 2 N–H and O–H groups in total. The van der Waals surface area contributed by atoms with Crippen LogP contribution in [0.2, 0.25) is 10.0 Å². The molecule has 0 aliphatic heterocycles. The summed E-state index contributed by atoms with van der Waals surface area (Å²) in [5, 5.41) is 13.5. The van der Waals surface area contributed by atoms with E-state index in [1.54, 1.807) is 18.2 Å². The van der Waals surface area contributed by atoms with E-state index in [9.17, 15) is 9.59 Å². The van der Waals surface area contributed by atoms with Crippen molar-refractivity contribution in [3.8, 4) is 0 Å². The Morgan fingerprint density at radius 1 is 1.24 bits per heavy atom. The molecule has 0 saturated heterocycles. The number of anilines is 1. The highest BCUT2D eigenvalue weighted by Gasteiger charge is 2.14. The first-order valence-corrected chi connectivity index (χ1v) is 6.64. The smallest absolute Gasteiger partial charge is 0.337 e. The monoisotopic (exact) mass is 327 g/mol. The molecule has 2 aromatic carbocycles. The van der Waals surface area contributed by atoms with Crippen LogP contribution in [0.3, 0.4) is 0 Å². The summed E-state index contributed by atoms with van der Waals surface area (Å²) in [6.07, 6.45) is 0. The number of carbonyl (C=O) groups is 2. The van der Waals surface area contributed by atoms with Gasteiger partial charge in [0.1, 0.15) is 6.54 Å². The van der Waals surface area contributed by atoms with Crippen LogP contribution >= 0.6 is 23.2 Å². The maximum Gasteiger partial charge on any atom is 0.337 e. The Morgan fingerprint density at radius 3 is 2.57 bits per heavy atom. The molecule has 0 unspecified atom stereocenters. The Morgan fingerprint density at radius 2 is 1.95 bits per heavy atom. The van der Waals surface area contributed by atoms with E-state index in [-0.39, 0.29) is 12.1 Å². The minimum Gasteiger partial charge on any atom is -0.480 e. The fourth-order valence-electron chi connectivity index (χ4n) is 1.97. The van der Waals surface area contributed by atoms with Crippen LogP contribution in [0.25, 0.3) is 10.8 Å². The standard InChI is InChI=1S/C14H11Cl2NO4/c1-21-14(20)8-2-7-3-9(15)5-10(16)13(7)11(4-8)17-6-12(18)19/h2-5,17H,6H2,1H3,(H,18,19). The van der Waals surface area contributed by atoms with Crippen molar-refractivity contribution in [2.75, 3.05) is 19.0 Å². The van der Waals surface area contributed by atoms with Crippen molar-refractivity contribution in [3.05, 3.63) is 39.9 Å². The molecule has 0 aliphatic rings. The van der Waals surface area contributed by atoms with Crippen LogP contribution in [0.1, 0.15) is 10.4 Å². The van der Waals surface area contributed by atoms with E-state index in [4.69, 9.17) is 28.3 Å². The largest absolute Gasteiger partial charge is 0.480 e. The summed E-state index contributed by atoms with van der Waals surface area (Å²) < 4.78 is 4.68. The summed E-state index contributed by atoms with van der Waals surface area (Å²) in [7, 11) is 1.27. The van der Waals surface area contributed by atoms with Gasteiger partial charge in [0, 0.05) is 16.1 Å². The zero-order valence-corrected chi connectivity index (χ0v) is 12.5. The lowest BCUT2D eigenvalue weighted by Gasteiger charge is -2.12. The lowest BCUT2D eigenvalue weighted by molar-refractivity contribution is -0.134. The van der Waals surface area contributed by atoms with E-state index in [1.807, 2.05) is 0 Å². The van der Waals surface area contributed by atoms with Gasteiger partial charge in [0.05, 0.1) is 17.7 Å². The van der Waals surface area contributed by atoms with Crippen LogP contribution in [-0.2, 0) is 9.53 Å². The van der Waals surface area contributed by atoms with E-state index < -0.39 is 11.9 Å². The highest BCUT2D eigenvalue weighted by atomic mass is 35.5. The molecular weight excluding hydrogens is 317 g/mol. The van der Waals surface area contributed by atoms with Gasteiger partial charge in [-0.25, -0.2) is 4.79 Å². The Balaban J connectivity index is 2.66. The first-order valence-electron chi connectivity index (χ1n) is 5.89. The fraction of sp³-hybridized carbons (Fsp3) is 0.143. The summed E-state index contributed by atoms with van der Waals surface area (Å²) in [5.41, 5.74) is 0.702. The van der Waals surface area contributed by atoms with Crippen molar-refractivity contribution in [2.24, 2.45) is 0 Å². The van der Waals surface area contributed by atoms with Crippen LogP contribution < -0.4 is 5.32 Å². The van der Waals surface area contributed by atoms with Gasteiger partial charge >= 0.3 is 11.9 Å². The van der Waals surface area contributed by atoms with Crippen molar-refractivity contribution >= 4 is 51.6 Å². The number of nitrogens with one attached hydrogen (secondary N) is 1. The molecule has 2 aromatic rings. The molecule has 0 aromatic heterocycles.